The quantitative estimate of drug-likeness (QED) is 0.365. The van der Waals surface area contributed by atoms with Crippen molar-refractivity contribution in [2.75, 3.05) is 37.7 Å². The van der Waals surface area contributed by atoms with Crippen molar-refractivity contribution in [3.8, 4) is 11.5 Å². The van der Waals surface area contributed by atoms with E-state index in [0.29, 0.717) is 39.2 Å². The molecule has 1 heterocycles. The average Bonchev–Trinajstić information content (AvgIpc) is 3.00. The number of methoxy groups -OCH3 is 1. The summed E-state index contributed by atoms with van der Waals surface area (Å²) < 4.78 is 62.9. The molecule has 0 unspecified atom stereocenters. The number of hydrogen-bond acceptors (Lipinski definition) is 7. The maximum atomic E-state index is 13.6. The summed E-state index contributed by atoms with van der Waals surface area (Å²) in [4.78, 5) is 13.6. The molecule has 1 aromatic heterocycles. The lowest BCUT2D eigenvalue weighted by Crippen LogP contribution is -2.32. The zero-order valence-corrected chi connectivity index (χ0v) is 22.5. The number of benzene rings is 2. The van der Waals surface area contributed by atoms with Crippen molar-refractivity contribution in [1.82, 2.24) is 9.13 Å². The van der Waals surface area contributed by atoms with E-state index in [1.165, 1.54) is 16.2 Å². The van der Waals surface area contributed by atoms with Crippen molar-refractivity contribution in [2.45, 2.75) is 19.5 Å². The molecule has 9 nitrogen and oxygen atoms in total. The molecular weight excluding hydrogens is 548 g/mol. The summed E-state index contributed by atoms with van der Waals surface area (Å²) in [6.45, 7) is 2.13. The molecule has 0 saturated heterocycles. The molecule has 0 aliphatic carbocycles. The van der Waals surface area contributed by atoms with Crippen LogP contribution in [-0.4, -0.2) is 63.7 Å². The largest absolute Gasteiger partial charge is 0.493 e. The van der Waals surface area contributed by atoms with Crippen LogP contribution in [0.2, 0.25) is 0 Å². The van der Waals surface area contributed by atoms with Crippen molar-refractivity contribution >= 4 is 46.6 Å². The van der Waals surface area contributed by atoms with Crippen molar-refractivity contribution < 1.29 is 26.3 Å². The van der Waals surface area contributed by atoms with Crippen LogP contribution in [0.1, 0.15) is 18.5 Å². The zero-order valence-electron chi connectivity index (χ0n) is 19.3. The second kappa shape index (κ2) is 10.1. The van der Waals surface area contributed by atoms with E-state index in [0.717, 1.165) is 12.5 Å². The number of sulfone groups is 2. The van der Waals surface area contributed by atoms with Crippen molar-refractivity contribution in [1.29, 1.82) is 0 Å². The van der Waals surface area contributed by atoms with Gasteiger partial charge in [0.1, 0.15) is 19.7 Å². The van der Waals surface area contributed by atoms with Crippen LogP contribution >= 0.6 is 15.9 Å². The van der Waals surface area contributed by atoms with Gasteiger partial charge in [0.25, 0.3) is 0 Å². The van der Waals surface area contributed by atoms with Gasteiger partial charge in [0.2, 0.25) is 0 Å². The highest BCUT2D eigenvalue weighted by Gasteiger charge is 2.27. The Morgan fingerprint density at radius 3 is 2.26 bits per heavy atom. The first-order valence-electron chi connectivity index (χ1n) is 10.4. The Labute approximate surface area is 207 Å². The molecule has 12 heteroatoms. The fraction of sp³-hybridized carbons (Fsp3) is 0.409. The summed E-state index contributed by atoms with van der Waals surface area (Å²) in [5, 5.41) is 0. The first-order chi connectivity index (χ1) is 15.8. The summed E-state index contributed by atoms with van der Waals surface area (Å²) >= 11 is 3.40. The first-order valence-corrected chi connectivity index (χ1v) is 15.3. The number of halogens is 1. The van der Waals surface area contributed by atoms with Crippen LogP contribution in [0, 0.1) is 0 Å². The standard InChI is InChI=1S/C22H27BrN2O7S2/c1-5-32-21-12-15(6-9-20(21)31-2)19(14-34(4,29)30)25-17-8-7-16(23)13-18(17)24(22(25)26)10-11-33(3,27)28/h6-9,12-13,19H,5,10-11,14H2,1-4H3/t19-/m1/s1. The molecule has 0 amide bonds. The maximum absolute atomic E-state index is 13.6. The van der Waals surface area contributed by atoms with Crippen molar-refractivity contribution in [3.05, 3.63) is 56.9 Å². The van der Waals surface area contributed by atoms with E-state index in [-0.39, 0.29) is 18.1 Å². The van der Waals surface area contributed by atoms with Gasteiger partial charge < -0.3 is 9.47 Å². The molecule has 0 aliphatic rings. The molecule has 0 N–H and O–H groups in total. The predicted molar refractivity (Wildman–Crippen MR) is 136 cm³/mol. The van der Waals surface area contributed by atoms with E-state index in [4.69, 9.17) is 9.47 Å². The van der Waals surface area contributed by atoms with Crippen LogP contribution in [-0.2, 0) is 26.2 Å². The maximum Gasteiger partial charge on any atom is 0.329 e. The minimum absolute atomic E-state index is 0.0595. The average molecular weight is 576 g/mol. The molecule has 34 heavy (non-hydrogen) atoms. The van der Waals surface area contributed by atoms with E-state index in [2.05, 4.69) is 15.9 Å². The van der Waals surface area contributed by atoms with Gasteiger partial charge in [0.05, 0.1) is 42.3 Å². The molecule has 0 aliphatic heterocycles. The molecule has 0 radical (unpaired) electrons. The smallest absolute Gasteiger partial charge is 0.329 e. The molecule has 186 valence electrons. The third-order valence-corrected chi connectivity index (χ3v) is 7.59. The SMILES string of the molecule is CCOc1cc([C@@H](CS(C)(=O)=O)n2c(=O)n(CCS(C)(=O)=O)c3cc(Br)ccc32)ccc1OC. The number of nitrogens with zero attached hydrogens (tertiary/aromatic N) is 2. The second-order valence-corrected chi connectivity index (χ2v) is 13.4. The highest BCUT2D eigenvalue weighted by molar-refractivity contribution is 9.10. The Morgan fingerprint density at radius 1 is 0.971 bits per heavy atom. The Balaban J connectivity index is 2.30. The number of aromatic nitrogens is 2. The van der Waals surface area contributed by atoms with Gasteiger partial charge in [0, 0.05) is 23.5 Å². The van der Waals surface area contributed by atoms with E-state index in [1.54, 1.807) is 36.4 Å². The fourth-order valence-electron chi connectivity index (χ4n) is 3.80. The van der Waals surface area contributed by atoms with Gasteiger partial charge in [-0.2, -0.15) is 0 Å². The topological polar surface area (TPSA) is 114 Å². The highest BCUT2D eigenvalue weighted by Crippen LogP contribution is 2.33. The van der Waals surface area contributed by atoms with Crippen LogP contribution < -0.4 is 15.2 Å². The van der Waals surface area contributed by atoms with Crippen molar-refractivity contribution in [3.63, 3.8) is 0 Å². The van der Waals surface area contributed by atoms with Gasteiger partial charge in [0.15, 0.2) is 11.5 Å². The summed E-state index contributed by atoms with van der Waals surface area (Å²) in [5.41, 5.74) is 1.03. The van der Waals surface area contributed by atoms with Gasteiger partial charge in [-0.25, -0.2) is 21.6 Å². The molecule has 0 fully saturated rings. The van der Waals surface area contributed by atoms with Crippen LogP contribution in [0.25, 0.3) is 11.0 Å². The number of fused-ring (bicyclic) bond motifs is 1. The lowest BCUT2D eigenvalue weighted by Gasteiger charge is -2.20. The van der Waals surface area contributed by atoms with Crippen LogP contribution in [0.15, 0.2) is 45.7 Å². The van der Waals surface area contributed by atoms with Crippen LogP contribution in [0.3, 0.4) is 0 Å². The minimum atomic E-state index is -3.53. The molecule has 3 rings (SSSR count). The van der Waals surface area contributed by atoms with Gasteiger partial charge >= 0.3 is 5.69 Å². The Morgan fingerprint density at radius 2 is 1.68 bits per heavy atom. The monoisotopic (exact) mass is 574 g/mol. The van der Waals surface area contributed by atoms with Gasteiger partial charge in [-0.3, -0.25) is 9.13 Å². The lowest BCUT2D eigenvalue weighted by molar-refractivity contribution is 0.310. The van der Waals surface area contributed by atoms with Gasteiger partial charge in [-0.15, -0.1) is 0 Å². The normalized spacial score (nSPS) is 13.2. The van der Waals surface area contributed by atoms with E-state index >= 15 is 0 Å². The zero-order chi connectivity index (χ0) is 25.3. The fourth-order valence-corrected chi connectivity index (χ4v) is 5.58. The van der Waals surface area contributed by atoms with E-state index < -0.39 is 31.4 Å². The number of imidazole rings is 1. The highest BCUT2D eigenvalue weighted by atomic mass is 79.9. The molecule has 1 atom stereocenters. The predicted octanol–water partition coefficient (Wildman–Crippen LogP) is 2.65. The third kappa shape index (κ3) is 6.02. The molecule has 2 aromatic carbocycles. The Kier molecular flexibility index (Phi) is 7.83. The minimum Gasteiger partial charge on any atom is -0.493 e. The molecule has 0 bridgehead atoms. The number of rotatable bonds is 10. The summed E-state index contributed by atoms with van der Waals surface area (Å²) in [5.74, 6) is 0.339. The number of aryl methyl sites for hydroxylation is 1. The van der Waals surface area contributed by atoms with Crippen LogP contribution in [0.5, 0.6) is 11.5 Å². The van der Waals surface area contributed by atoms with E-state index in [9.17, 15) is 21.6 Å². The Hall–Kier alpha value is -2.31. The second-order valence-electron chi connectivity index (χ2n) is 8.02. The van der Waals surface area contributed by atoms with Crippen LogP contribution in [0.4, 0.5) is 0 Å². The number of ether oxygens (including phenoxy) is 2. The number of hydrogen-bond donors (Lipinski definition) is 0. The summed E-state index contributed by atoms with van der Waals surface area (Å²) in [6.07, 6.45) is 2.21. The lowest BCUT2D eigenvalue weighted by atomic mass is 10.1. The molecular formula is C22H27BrN2O7S2. The molecule has 3 aromatic rings. The summed E-state index contributed by atoms with van der Waals surface area (Å²) in [7, 11) is -5.36. The Bertz CT molecular complexity index is 1470. The molecule has 0 spiro atoms. The van der Waals surface area contributed by atoms with Gasteiger partial charge in [-0.1, -0.05) is 22.0 Å². The summed E-state index contributed by atoms with van der Waals surface area (Å²) in [6, 6.07) is 9.32. The van der Waals surface area contributed by atoms with E-state index in [1.807, 2.05) is 6.92 Å². The third-order valence-electron chi connectivity index (χ3n) is 5.26. The molecule has 0 saturated carbocycles. The van der Waals surface area contributed by atoms with Crippen molar-refractivity contribution in [2.24, 2.45) is 0 Å². The first kappa shape index (κ1) is 26.3. The van der Waals surface area contributed by atoms with Gasteiger partial charge in [-0.05, 0) is 42.8 Å².